The molecule has 0 radical (unpaired) electrons. The molecule has 1 aromatic rings. The number of piperidine rings is 1. The molecule has 1 amide bonds. The van der Waals surface area contributed by atoms with E-state index in [4.69, 9.17) is 0 Å². The standard InChI is InChI=1S/C21H31N3O2/c1-3-16(2)24-15-18(17-9-5-6-10-19(17)24)20(25)21(26)22-11-14-23-12-7-4-8-13-23/h5-6,9-10,16,18H,3-4,7-8,11-15H2,1-2H3,(H,22,26). The summed E-state index contributed by atoms with van der Waals surface area (Å²) >= 11 is 0. The van der Waals surface area contributed by atoms with Crippen molar-refractivity contribution in [2.24, 2.45) is 0 Å². The largest absolute Gasteiger partial charge is 0.368 e. The van der Waals surface area contributed by atoms with Crippen LogP contribution in [0.15, 0.2) is 24.3 Å². The van der Waals surface area contributed by atoms with Crippen molar-refractivity contribution in [1.82, 2.24) is 10.2 Å². The van der Waals surface area contributed by atoms with E-state index in [0.29, 0.717) is 19.1 Å². The molecule has 0 bridgehead atoms. The van der Waals surface area contributed by atoms with Gasteiger partial charge in [0.2, 0.25) is 5.78 Å². The summed E-state index contributed by atoms with van der Waals surface area (Å²) in [6, 6.07) is 8.36. The molecular weight excluding hydrogens is 326 g/mol. The first kappa shape index (κ1) is 18.9. The van der Waals surface area contributed by atoms with Crippen LogP contribution in [0.1, 0.15) is 51.0 Å². The highest BCUT2D eigenvalue weighted by molar-refractivity contribution is 6.38. The highest BCUT2D eigenvalue weighted by Crippen LogP contribution is 2.38. The Labute approximate surface area is 156 Å². The van der Waals surface area contributed by atoms with Crippen molar-refractivity contribution >= 4 is 17.4 Å². The van der Waals surface area contributed by atoms with E-state index in [0.717, 1.165) is 37.3 Å². The van der Waals surface area contributed by atoms with Gasteiger partial charge in [0.15, 0.2) is 0 Å². The number of anilines is 1. The number of hydrogen-bond acceptors (Lipinski definition) is 4. The Hall–Kier alpha value is -1.88. The highest BCUT2D eigenvalue weighted by atomic mass is 16.2. The van der Waals surface area contributed by atoms with Gasteiger partial charge in [0.1, 0.15) is 0 Å². The van der Waals surface area contributed by atoms with Crippen LogP contribution in [0.5, 0.6) is 0 Å². The lowest BCUT2D eigenvalue weighted by molar-refractivity contribution is -0.138. The third kappa shape index (κ3) is 4.09. The van der Waals surface area contributed by atoms with Gasteiger partial charge in [0.25, 0.3) is 5.91 Å². The lowest BCUT2D eigenvalue weighted by atomic mass is 9.96. The number of carbonyl (C=O) groups excluding carboxylic acids is 2. The van der Waals surface area contributed by atoms with Gasteiger partial charge in [0.05, 0.1) is 5.92 Å². The van der Waals surface area contributed by atoms with Crippen molar-refractivity contribution in [1.29, 1.82) is 0 Å². The van der Waals surface area contributed by atoms with Crippen LogP contribution in [0.3, 0.4) is 0 Å². The summed E-state index contributed by atoms with van der Waals surface area (Å²) in [7, 11) is 0. The summed E-state index contributed by atoms with van der Waals surface area (Å²) < 4.78 is 0. The fourth-order valence-corrected chi connectivity index (χ4v) is 4.05. The van der Waals surface area contributed by atoms with Crippen LogP contribution in [0.25, 0.3) is 0 Å². The fraction of sp³-hybridized carbons (Fsp3) is 0.619. The Morgan fingerprint density at radius 2 is 1.92 bits per heavy atom. The van der Waals surface area contributed by atoms with Crippen molar-refractivity contribution in [2.45, 2.75) is 51.5 Å². The molecular formula is C21H31N3O2. The second-order valence-corrected chi connectivity index (χ2v) is 7.54. The molecule has 2 unspecified atom stereocenters. The van der Waals surface area contributed by atoms with E-state index in [2.05, 4.69) is 35.0 Å². The van der Waals surface area contributed by atoms with E-state index in [1.54, 1.807) is 0 Å². The number of carbonyl (C=O) groups is 2. The van der Waals surface area contributed by atoms with Crippen LogP contribution in [-0.4, -0.2) is 55.4 Å². The molecule has 1 N–H and O–H groups in total. The van der Waals surface area contributed by atoms with Crippen molar-refractivity contribution in [3.8, 4) is 0 Å². The molecule has 0 spiro atoms. The molecule has 0 aliphatic carbocycles. The smallest absolute Gasteiger partial charge is 0.288 e. The topological polar surface area (TPSA) is 52.7 Å². The summed E-state index contributed by atoms with van der Waals surface area (Å²) in [5, 5.41) is 2.85. The quantitative estimate of drug-likeness (QED) is 0.762. The lowest BCUT2D eigenvalue weighted by Crippen LogP contribution is -2.42. The van der Waals surface area contributed by atoms with Gasteiger partial charge in [-0.2, -0.15) is 0 Å². The van der Waals surface area contributed by atoms with E-state index < -0.39 is 5.91 Å². The Morgan fingerprint density at radius 3 is 2.65 bits per heavy atom. The third-order valence-corrected chi connectivity index (χ3v) is 5.83. The molecule has 1 fully saturated rings. The van der Waals surface area contributed by atoms with Gasteiger partial charge >= 0.3 is 0 Å². The molecule has 2 aliphatic heterocycles. The van der Waals surface area contributed by atoms with Crippen LogP contribution >= 0.6 is 0 Å². The second-order valence-electron chi connectivity index (χ2n) is 7.54. The van der Waals surface area contributed by atoms with Crippen LogP contribution in [0, 0.1) is 0 Å². The predicted octanol–water partition coefficient (Wildman–Crippen LogP) is 2.56. The minimum atomic E-state index is -0.437. The predicted molar refractivity (Wildman–Crippen MR) is 105 cm³/mol. The number of rotatable bonds is 7. The number of amides is 1. The van der Waals surface area contributed by atoms with E-state index in [1.807, 2.05) is 18.2 Å². The van der Waals surface area contributed by atoms with E-state index in [9.17, 15) is 9.59 Å². The van der Waals surface area contributed by atoms with Crippen LogP contribution < -0.4 is 10.2 Å². The van der Waals surface area contributed by atoms with Gasteiger partial charge in [-0.15, -0.1) is 0 Å². The van der Waals surface area contributed by atoms with Crippen LogP contribution in [0.2, 0.25) is 0 Å². The number of fused-ring (bicyclic) bond motifs is 1. The van der Waals surface area contributed by atoms with Crippen molar-refractivity contribution in [3.05, 3.63) is 29.8 Å². The maximum atomic E-state index is 12.8. The number of benzene rings is 1. The van der Waals surface area contributed by atoms with E-state index in [1.165, 1.54) is 19.3 Å². The van der Waals surface area contributed by atoms with Crippen LogP contribution in [0.4, 0.5) is 5.69 Å². The first-order valence-corrected chi connectivity index (χ1v) is 10.0. The van der Waals surface area contributed by atoms with Crippen molar-refractivity contribution in [3.63, 3.8) is 0 Å². The van der Waals surface area contributed by atoms with E-state index >= 15 is 0 Å². The van der Waals surface area contributed by atoms with Gasteiger partial charge in [0, 0.05) is 31.4 Å². The van der Waals surface area contributed by atoms with Crippen molar-refractivity contribution < 1.29 is 9.59 Å². The molecule has 0 saturated carbocycles. The summed E-state index contributed by atoms with van der Waals surface area (Å²) in [6.45, 7) is 8.51. The molecule has 2 aliphatic rings. The Bertz CT molecular complexity index is 640. The minimum absolute atomic E-state index is 0.304. The lowest BCUT2D eigenvalue weighted by Gasteiger charge is -2.27. The van der Waals surface area contributed by atoms with Crippen molar-refractivity contribution in [2.75, 3.05) is 37.6 Å². The highest BCUT2D eigenvalue weighted by Gasteiger charge is 2.37. The normalized spacial score (nSPS) is 21.3. The van der Waals surface area contributed by atoms with E-state index in [-0.39, 0.29) is 11.7 Å². The average Bonchev–Trinajstić information content (AvgIpc) is 3.07. The Balaban J connectivity index is 1.59. The molecule has 142 valence electrons. The minimum Gasteiger partial charge on any atom is -0.368 e. The molecule has 26 heavy (non-hydrogen) atoms. The third-order valence-electron chi connectivity index (χ3n) is 5.83. The van der Waals surface area contributed by atoms with Gasteiger partial charge in [-0.1, -0.05) is 31.5 Å². The first-order valence-electron chi connectivity index (χ1n) is 10.0. The summed E-state index contributed by atoms with van der Waals surface area (Å²) in [5.74, 6) is -1.09. The molecule has 2 heterocycles. The maximum absolute atomic E-state index is 12.8. The summed E-state index contributed by atoms with van der Waals surface area (Å²) in [6.07, 6.45) is 4.78. The second kappa shape index (κ2) is 8.67. The number of Topliss-reactive ketones (excluding diaryl/α,β-unsaturated/α-hetero) is 1. The monoisotopic (exact) mass is 357 g/mol. The average molecular weight is 357 g/mol. The number of nitrogens with zero attached hydrogens (tertiary/aromatic N) is 2. The number of hydrogen-bond donors (Lipinski definition) is 1. The molecule has 1 saturated heterocycles. The van der Waals surface area contributed by atoms with Gasteiger partial charge in [-0.25, -0.2) is 0 Å². The summed E-state index contributed by atoms with van der Waals surface area (Å²) in [4.78, 5) is 29.9. The maximum Gasteiger partial charge on any atom is 0.288 e. The zero-order chi connectivity index (χ0) is 18.5. The molecule has 2 atom stereocenters. The molecule has 5 heteroatoms. The number of likely N-dealkylation sites (tertiary alicyclic amines) is 1. The number of nitrogens with one attached hydrogen (secondary N) is 1. The zero-order valence-corrected chi connectivity index (χ0v) is 16.0. The van der Waals surface area contributed by atoms with Crippen LogP contribution in [-0.2, 0) is 9.59 Å². The van der Waals surface area contributed by atoms with Gasteiger partial charge in [-0.3, -0.25) is 9.59 Å². The molecule has 0 aromatic heterocycles. The Kier molecular flexibility index (Phi) is 6.30. The van der Waals surface area contributed by atoms with Gasteiger partial charge < -0.3 is 15.1 Å². The summed E-state index contributed by atoms with van der Waals surface area (Å²) in [5.41, 5.74) is 2.09. The fourth-order valence-electron chi connectivity index (χ4n) is 4.05. The molecule has 1 aromatic carbocycles. The van der Waals surface area contributed by atoms with Gasteiger partial charge in [-0.05, 0) is 50.9 Å². The Morgan fingerprint density at radius 1 is 1.19 bits per heavy atom. The number of para-hydroxylation sites is 1. The first-order chi connectivity index (χ1) is 12.6. The molecule has 3 rings (SSSR count). The number of ketones is 1. The molecule has 5 nitrogen and oxygen atoms in total. The SMILES string of the molecule is CCC(C)N1CC(C(=O)C(=O)NCCN2CCCCC2)c2ccccc21. The zero-order valence-electron chi connectivity index (χ0n) is 16.0.